The van der Waals surface area contributed by atoms with Crippen LogP contribution in [0.4, 0.5) is 4.39 Å². The van der Waals surface area contributed by atoms with Crippen molar-refractivity contribution in [3.8, 4) is 0 Å². The van der Waals surface area contributed by atoms with E-state index >= 15 is 0 Å². The SMILES string of the molecule is CCC(C)(C)c1ccc(S(=O)(=O)N2CCC(c3c[nH]c4ccc(F)cc34)CC2)cc1. The molecule has 0 atom stereocenters. The van der Waals surface area contributed by atoms with Gasteiger partial charge in [0.2, 0.25) is 10.0 Å². The Morgan fingerprint density at radius 2 is 1.77 bits per heavy atom. The first kappa shape index (κ1) is 21.1. The van der Waals surface area contributed by atoms with Crippen molar-refractivity contribution in [1.82, 2.24) is 9.29 Å². The summed E-state index contributed by atoms with van der Waals surface area (Å²) in [5.41, 5.74) is 3.16. The highest BCUT2D eigenvalue weighted by Gasteiger charge is 2.31. The van der Waals surface area contributed by atoms with Crippen molar-refractivity contribution in [1.29, 1.82) is 0 Å². The second-order valence-corrected chi connectivity index (χ2v) is 10.8. The first-order valence-electron chi connectivity index (χ1n) is 10.6. The van der Waals surface area contributed by atoms with Crippen LogP contribution in [0.15, 0.2) is 53.6 Å². The Morgan fingerprint density at radius 1 is 1.10 bits per heavy atom. The summed E-state index contributed by atoms with van der Waals surface area (Å²) in [4.78, 5) is 3.56. The van der Waals surface area contributed by atoms with E-state index in [0.29, 0.717) is 18.0 Å². The van der Waals surface area contributed by atoms with Gasteiger partial charge in [-0.25, -0.2) is 12.8 Å². The van der Waals surface area contributed by atoms with Gasteiger partial charge in [-0.05, 0) is 72.1 Å². The minimum absolute atomic E-state index is 0.0272. The van der Waals surface area contributed by atoms with E-state index in [9.17, 15) is 12.8 Å². The van der Waals surface area contributed by atoms with Crippen molar-refractivity contribution in [3.05, 3.63) is 65.6 Å². The molecular weight excluding hydrogens is 399 g/mol. The van der Waals surface area contributed by atoms with E-state index in [1.807, 2.05) is 18.3 Å². The lowest BCUT2D eigenvalue weighted by atomic mass is 9.82. The molecule has 2 heterocycles. The van der Waals surface area contributed by atoms with Crippen molar-refractivity contribution >= 4 is 20.9 Å². The van der Waals surface area contributed by atoms with Gasteiger partial charge in [0.15, 0.2) is 0 Å². The average molecular weight is 429 g/mol. The molecule has 30 heavy (non-hydrogen) atoms. The summed E-state index contributed by atoms with van der Waals surface area (Å²) in [5, 5.41) is 0.894. The molecule has 1 aliphatic rings. The Morgan fingerprint density at radius 3 is 2.40 bits per heavy atom. The number of hydrogen-bond acceptors (Lipinski definition) is 2. The Kier molecular flexibility index (Phi) is 5.49. The van der Waals surface area contributed by atoms with Gasteiger partial charge in [-0.3, -0.25) is 0 Å². The smallest absolute Gasteiger partial charge is 0.243 e. The summed E-state index contributed by atoms with van der Waals surface area (Å²) in [7, 11) is -3.51. The minimum Gasteiger partial charge on any atom is -0.361 e. The normalized spacial score (nSPS) is 16.9. The molecule has 0 amide bonds. The number of hydrogen-bond donors (Lipinski definition) is 1. The third-order valence-corrected chi connectivity index (χ3v) is 8.64. The Bertz CT molecular complexity index is 1140. The largest absolute Gasteiger partial charge is 0.361 e. The highest BCUT2D eigenvalue weighted by Crippen LogP contribution is 2.35. The predicted molar refractivity (Wildman–Crippen MR) is 119 cm³/mol. The van der Waals surface area contributed by atoms with Crippen molar-refractivity contribution in [2.24, 2.45) is 0 Å². The van der Waals surface area contributed by atoms with Crippen molar-refractivity contribution in [3.63, 3.8) is 0 Å². The number of nitrogens with one attached hydrogen (secondary N) is 1. The summed E-state index contributed by atoms with van der Waals surface area (Å²) in [6, 6.07) is 12.1. The monoisotopic (exact) mass is 428 g/mol. The van der Waals surface area contributed by atoms with Gasteiger partial charge in [-0.2, -0.15) is 4.31 Å². The lowest BCUT2D eigenvalue weighted by Crippen LogP contribution is -2.37. The van der Waals surface area contributed by atoms with Crippen LogP contribution in [-0.4, -0.2) is 30.8 Å². The number of aromatic amines is 1. The van der Waals surface area contributed by atoms with E-state index < -0.39 is 10.0 Å². The summed E-state index contributed by atoms with van der Waals surface area (Å²) in [6.07, 6.45) is 4.38. The second-order valence-electron chi connectivity index (χ2n) is 8.87. The zero-order valence-electron chi connectivity index (χ0n) is 17.8. The third-order valence-electron chi connectivity index (χ3n) is 6.73. The molecule has 160 valence electrons. The predicted octanol–water partition coefficient (Wildman–Crippen LogP) is 5.56. The molecule has 1 fully saturated rings. The van der Waals surface area contributed by atoms with Gasteiger partial charge < -0.3 is 4.98 Å². The molecule has 0 spiro atoms. The number of sulfonamides is 1. The van der Waals surface area contributed by atoms with Gasteiger partial charge in [0.05, 0.1) is 4.90 Å². The summed E-state index contributed by atoms with van der Waals surface area (Å²) < 4.78 is 41.5. The maximum absolute atomic E-state index is 13.7. The van der Waals surface area contributed by atoms with Crippen molar-refractivity contribution < 1.29 is 12.8 Å². The van der Waals surface area contributed by atoms with E-state index in [4.69, 9.17) is 0 Å². The Hall–Kier alpha value is -2.18. The van der Waals surface area contributed by atoms with Crippen LogP contribution in [0.5, 0.6) is 0 Å². The fraction of sp³-hybridized carbons (Fsp3) is 0.417. The number of piperidine rings is 1. The van der Waals surface area contributed by atoms with Gasteiger partial charge in [0.1, 0.15) is 5.82 Å². The molecule has 4 rings (SSSR count). The average Bonchev–Trinajstić information content (AvgIpc) is 3.17. The highest BCUT2D eigenvalue weighted by molar-refractivity contribution is 7.89. The van der Waals surface area contributed by atoms with Gasteiger partial charge in [0, 0.05) is 30.2 Å². The van der Waals surface area contributed by atoms with Crippen LogP contribution >= 0.6 is 0 Å². The molecule has 3 aromatic rings. The highest BCUT2D eigenvalue weighted by atomic mass is 32.2. The maximum atomic E-state index is 13.7. The molecule has 1 N–H and O–H groups in total. The first-order valence-corrected chi connectivity index (χ1v) is 12.0. The molecule has 1 aliphatic heterocycles. The molecule has 0 radical (unpaired) electrons. The van der Waals surface area contributed by atoms with E-state index in [2.05, 4.69) is 25.8 Å². The van der Waals surface area contributed by atoms with Gasteiger partial charge >= 0.3 is 0 Å². The minimum atomic E-state index is -3.51. The van der Waals surface area contributed by atoms with Crippen molar-refractivity contribution in [2.45, 2.75) is 56.3 Å². The zero-order chi connectivity index (χ0) is 21.5. The lowest BCUT2D eigenvalue weighted by molar-refractivity contribution is 0.320. The van der Waals surface area contributed by atoms with Gasteiger partial charge in [0.25, 0.3) is 0 Å². The molecule has 2 aromatic carbocycles. The zero-order valence-corrected chi connectivity index (χ0v) is 18.6. The molecule has 1 saturated heterocycles. The van der Waals surface area contributed by atoms with Crippen molar-refractivity contribution in [2.75, 3.05) is 13.1 Å². The molecule has 0 aliphatic carbocycles. The molecule has 0 unspecified atom stereocenters. The van der Waals surface area contributed by atoms with Crippen LogP contribution in [0.1, 0.15) is 57.1 Å². The number of nitrogens with zero attached hydrogens (tertiary/aromatic N) is 1. The Labute approximate surface area is 178 Å². The fourth-order valence-corrected chi connectivity index (χ4v) is 5.76. The van der Waals surface area contributed by atoms with Crippen LogP contribution < -0.4 is 0 Å². The van der Waals surface area contributed by atoms with E-state index in [-0.39, 0.29) is 17.2 Å². The molecule has 4 nitrogen and oxygen atoms in total. The topological polar surface area (TPSA) is 53.2 Å². The number of fused-ring (bicyclic) bond motifs is 1. The van der Waals surface area contributed by atoms with Crippen LogP contribution in [0, 0.1) is 5.82 Å². The fourth-order valence-electron chi connectivity index (χ4n) is 4.29. The van der Waals surface area contributed by atoms with Crippen LogP contribution in [0.25, 0.3) is 10.9 Å². The molecule has 0 saturated carbocycles. The summed E-state index contributed by atoms with van der Waals surface area (Å²) in [6.45, 7) is 7.40. The standard InChI is InChI=1S/C24H29FN2O2S/c1-4-24(2,3)18-5-8-20(9-6-18)30(28,29)27-13-11-17(12-14-27)22-16-26-23-10-7-19(25)15-21(22)23/h5-10,15-17,26H,4,11-14H2,1-3H3. The third kappa shape index (κ3) is 3.79. The van der Waals surface area contributed by atoms with Crippen LogP contribution in [0.3, 0.4) is 0 Å². The molecule has 0 bridgehead atoms. The maximum Gasteiger partial charge on any atom is 0.243 e. The van der Waals surface area contributed by atoms with E-state index in [0.717, 1.165) is 41.3 Å². The van der Waals surface area contributed by atoms with E-state index in [1.54, 1.807) is 28.6 Å². The number of halogens is 1. The number of benzene rings is 2. The number of H-pyrrole nitrogens is 1. The Balaban J connectivity index is 1.49. The lowest BCUT2D eigenvalue weighted by Gasteiger charge is -2.31. The summed E-state index contributed by atoms with van der Waals surface area (Å²) in [5.74, 6) is -0.0298. The first-order chi connectivity index (χ1) is 14.2. The number of rotatable bonds is 5. The number of aromatic nitrogens is 1. The quantitative estimate of drug-likeness (QED) is 0.578. The van der Waals surface area contributed by atoms with Crippen LogP contribution in [0.2, 0.25) is 0 Å². The molecular formula is C24H29FN2O2S. The van der Waals surface area contributed by atoms with Gasteiger partial charge in [-0.1, -0.05) is 32.9 Å². The summed E-state index contributed by atoms with van der Waals surface area (Å²) >= 11 is 0. The van der Waals surface area contributed by atoms with Gasteiger partial charge in [-0.15, -0.1) is 0 Å². The van der Waals surface area contributed by atoms with Crippen LogP contribution in [-0.2, 0) is 15.4 Å². The molecule has 1 aromatic heterocycles. The second kappa shape index (κ2) is 7.82. The molecule has 6 heteroatoms. The van der Waals surface area contributed by atoms with E-state index in [1.165, 1.54) is 6.07 Å².